The number of benzene rings is 2. The lowest BCUT2D eigenvalue weighted by atomic mass is 10.1. The number of nitrogens with zero attached hydrogens (tertiary/aromatic N) is 1. The van der Waals surface area contributed by atoms with Gasteiger partial charge < -0.3 is 24.8 Å². The van der Waals surface area contributed by atoms with Crippen LogP contribution in [0.25, 0.3) is 0 Å². The first-order valence-corrected chi connectivity index (χ1v) is 9.30. The van der Waals surface area contributed by atoms with Gasteiger partial charge in [-0.15, -0.1) is 0 Å². The molecule has 0 radical (unpaired) electrons. The van der Waals surface area contributed by atoms with Gasteiger partial charge in [-0.1, -0.05) is 0 Å². The molecule has 7 heteroatoms. The molecule has 0 spiro atoms. The smallest absolute Gasteiger partial charge is 0.303 e. The van der Waals surface area contributed by atoms with Gasteiger partial charge in [-0.3, -0.25) is 9.59 Å². The second-order valence-corrected chi connectivity index (χ2v) is 6.47. The number of nitrogens with one attached hydrogen (secondary N) is 1. The molecule has 0 saturated carbocycles. The number of carbonyl (C=O) groups excluding carboxylic acids is 1. The summed E-state index contributed by atoms with van der Waals surface area (Å²) in [5.74, 6) is -0.374. The van der Waals surface area contributed by atoms with Crippen molar-refractivity contribution < 1.29 is 24.2 Å². The van der Waals surface area contributed by atoms with Crippen molar-refractivity contribution in [3.8, 4) is 5.75 Å². The Morgan fingerprint density at radius 3 is 2.36 bits per heavy atom. The summed E-state index contributed by atoms with van der Waals surface area (Å²) in [5, 5.41) is 11.5. The van der Waals surface area contributed by atoms with Gasteiger partial charge in [-0.25, -0.2) is 0 Å². The summed E-state index contributed by atoms with van der Waals surface area (Å²) in [4.78, 5) is 25.1. The number of carboxylic acid groups (broad SMARTS) is 1. The molecule has 1 amide bonds. The van der Waals surface area contributed by atoms with Crippen molar-refractivity contribution >= 4 is 23.3 Å². The molecule has 28 heavy (non-hydrogen) atoms. The molecule has 1 heterocycles. The third-order valence-corrected chi connectivity index (χ3v) is 4.42. The predicted molar refractivity (Wildman–Crippen MR) is 106 cm³/mol. The minimum Gasteiger partial charge on any atom is -0.494 e. The van der Waals surface area contributed by atoms with E-state index in [9.17, 15) is 9.59 Å². The molecule has 2 N–H and O–H groups in total. The van der Waals surface area contributed by atoms with E-state index in [1.807, 2.05) is 24.3 Å². The zero-order valence-electron chi connectivity index (χ0n) is 15.6. The maximum atomic E-state index is 12.4. The van der Waals surface area contributed by atoms with Gasteiger partial charge in [-0.05, 0) is 55.0 Å². The molecular formula is C21H24N2O5. The lowest BCUT2D eigenvalue weighted by molar-refractivity contribution is -0.137. The average Bonchev–Trinajstić information content (AvgIpc) is 2.73. The molecule has 1 aliphatic rings. The molecule has 7 nitrogen and oxygen atoms in total. The average molecular weight is 384 g/mol. The number of carbonyl (C=O) groups is 2. The van der Waals surface area contributed by atoms with Crippen LogP contribution >= 0.6 is 0 Å². The number of anilines is 2. The zero-order chi connectivity index (χ0) is 19.8. The summed E-state index contributed by atoms with van der Waals surface area (Å²) in [6.07, 6.45) is 0.534. The van der Waals surface area contributed by atoms with E-state index >= 15 is 0 Å². The van der Waals surface area contributed by atoms with E-state index in [0.29, 0.717) is 30.0 Å². The van der Waals surface area contributed by atoms with Gasteiger partial charge >= 0.3 is 5.97 Å². The Labute approximate surface area is 163 Å². The Balaban J connectivity index is 1.50. The number of amides is 1. The molecule has 148 valence electrons. The van der Waals surface area contributed by atoms with E-state index in [1.54, 1.807) is 24.3 Å². The standard InChI is InChI=1S/C21H24N2O5/c24-20(25)2-1-13-28-19-9-5-17(6-10-19)22-21(26)16-3-7-18(8-4-16)23-11-14-27-15-12-23/h3-10H,1-2,11-15H2,(H,22,26)(H,24,25). The highest BCUT2D eigenvalue weighted by Crippen LogP contribution is 2.19. The molecule has 0 unspecified atom stereocenters. The van der Waals surface area contributed by atoms with Gasteiger partial charge in [0.15, 0.2) is 0 Å². The van der Waals surface area contributed by atoms with Crippen molar-refractivity contribution in [3.05, 3.63) is 54.1 Å². The molecule has 1 aliphatic heterocycles. The highest BCUT2D eigenvalue weighted by atomic mass is 16.5. The Kier molecular flexibility index (Phi) is 6.86. The summed E-state index contributed by atoms with van der Waals surface area (Å²) in [6, 6.07) is 14.6. The second kappa shape index (κ2) is 9.75. The van der Waals surface area contributed by atoms with Crippen molar-refractivity contribution in [3.63, 3.8) is 0 Å². The quantitative estimate of drug-likeness (QED) is 0.680. The maximum absolute atomic E-state index is 12.4. The van der Waals surface area contributed by atoms with E-state index in [0.717, 1.165) is 32.0 Å². The molecule has 0 bridgehead atoms. The van der Waals surface area contributed by atoms with Crippen LogP contribution in [0.5, 0.6) is 5.75 Å². The van der Waals surface area contributed by atoms with Crippen LogP contribution < -0.4 is 15.0 Å². The van der Waals surface area contributed by atoms with Crippen molar-refractivity contribution in [1.82, 2.24) is 0 Å². The van der Waals surface area contributed by atoms with Gasteiger partial charge in [0.05, 0.1) is 19.8 Å². The number of carboxylic acids is 1. The van der Waals surface area contributed by atoms with Crippen LogP contribution in [0.1, 0.15) is 23.2 Å². The number of hydrogen-bond donors (Lipinski definition) is 2. The molecule has 3 rings (SSSR count). The van der Waals surface area contributed by atoms with Crippen LogP contribution in [0.2, 0.25) is 0 Å². The van der Waals surface area contributed by atoms with Crippen molar-refractivity contribution in [2.75, 3.05) is 43.1 Å². The highest BCUT2D eigenvalue weighted by Gasteiger charge is 2.12. The van der Waals surface area contributed by atoms with Crippen LogP contribution in [0.15, 0.2) is 48.5 Å². The number of hydrogen-bond acceptors (Lipinski definition) is 5. The highest BCUT2D eigenvalue weighted by molar-refractivity contribution is 6.04. The van der Waals surface area contributed by atoms with Crippen LogP contribution in [0, 0.1) is 0 Å². The Bertz CT molecular complexity index is 783. The van der Waals surface area contributed by atoms with E-state index in [4.69, 9.17) is 14.6 Å². The van der Waals surface area contributed by atoms with Gasteiger partial charge in [0, 0.05) is 36.4 Å². The minimum atomic E-state index is -0.834. The molecule has 1 fully saturated rings. The fourth-order valence-corrected chi connectivity index (χ4v) is 2.90. The van der Waals surface area contributed by atoms with Gasteiger partial charge in [-0.2, -0.15) is 0 Å². The third kappa shape index (κ3) is 5.72. The number of rotatable bonds is 8. The summed E-state index contributed by atoms with van der Waals surface area (Å²) in [5.41, 5.74) is 2.34. The Morgan fingerprint density at radius 1 is 1.04 bits per heavy atom. The fraction of sp³-hybridized carbons (Fsp3) is 0.333. The first-order valence-electron chi connectivity index (χ1n) is 9.30. The van der Waals surface area contributed by atoms with Crippen LogP contribution in [-0.2, 0) is 9.53 Å². The topological polar surface area (TPSA) is 88.1 Å². The number of morpholine rings is 1. The van der Waals surface area contributed by atoms with E-state index in [2.05, 4.69) is 10.2 Å². The largest absolute Gasteiger partial charge is 0.494 e. The van der Waals surface area contributed by atoms with E-state index < -0.39 is 5.97 Å². The molecule has 2 aromatic rings. The van der Waals surface area contributed by atoms with Crippen LogP contribution in [0.4, 0.5) is 11.4 Å². The predicted octanol–water partition coefficient (Wildman–Crippen LogP) is 3.02. The molecule has 1 saturated heterocycles. The summed E-state index contributed by atoms with van der Waals surface area (Å²) >= 11 is 0. The monoisotopic (exact) mass is 384 g/mol. The molecule has 0 aliphatic carbocycles. The maximum Gasteiger partial charge on any atom is 0.303 e. The molecule has 0 aromatic heterocycles. The molecular weight excluding hydrogens is 360 g/mol. The SMILES string of the molecule is O=C(O)CCCOc1ccc(NC(=O)c2ccc(N3CCOCC3)cc2)cc1. The minimum absolute atomic E-state index is 0.0818. The first-order chi connectivity index (χ1) is 13.6. The lowest BCUT2D eigenvalue weighted by Crippen LogP contribution is -2.36. The van der Waals surface area contributed by atoms with Crippen molar-refractivity contribution in [1.29, 1.82) is 0 Å². The number of aliphatic carboxylic acids is 1. The van der Waals surface area contributed by atoms with E-state index in [1.165, 1.54) is 0 Å². The number of ether oxygens (including phenoxy) is 2. The fourth-order valence-electron chi connectivity index (χ4n) is 2.90. The van der Waals surface area contributed by atoms with Gasteiger partial charge in [0.1, 0.15) is 5.75 Å². The molecule has 2 aromatic carbocycles. The first kappa shape index (κ1) is 19.7. The lowest BCUT2D eigenvalue weighted by Gasteiger charge is -2.28. The summed E-state index contributed by atoms with van der Waals surface area (Å²) < 4.78 is 10.8. The Morgan fingerprint density at radius 2 is 1.71 bits per heavy atom. The van der Waals surface area contributed by atoms with E-state index in [-0.39, 0.29) is 12.3 Å². The zero-order valence-corrected chi connectivity index (χ0v) is 15.6. The van der Waals surface area contributed by atoms with Gasteiger partial charge in [0.25, 0.3) is 5.91 Å². The van der Waals surface area contributed by atoms with Crippen LogP contribution in [-0.4, -0.2) is 49.9 Å². The van der Waals surface area contributed by atoms with Crippen LogP contribution in [0.3, 0.4) is 0 Å². The van der Waals surface area contributed by atoms with Gasteiger partial charge in [0.2, 0.25) is 0 Å². The third-order valence-electron chi connectivity index (χ3n) is 4.42. The molecule has 0 atom stereocenters. The normalized spacial score (nSPS) is 13.8. The summed E-state index contributed by atoms with van der Waals surface area (Å²) in [6.45, 7) is 3.50. The summed E-state index contributed by atoms with van der Waals surface area (Å²) in [7, 11) is 0. The Hall–Kier alpha value is -3.06. The van der Waals surface area contributed by atoms with Crippen molar-refractivity contribution in [2.45, 2.75) is 12.8 Å². The van der Waals surface area contributed by atoms with Crippen molar-refractivity contribution in [2.24, 2.45) is 0 Å². The second-order valence-electron chi connectivity index (χ2n) is 6.47.